The number of nitrogens with one attached hydrogen (secondary N) is 4. The van der Waals surface area contributed by atoms with Gasteiger partial charge in [-0.2, -0.15) is 15.2 Å². The Morgan fingerprint density at radius 1 is 1.25 bits per heavy atom. The molecule has 2 aromatic rings. The fraction of sp³-hybridized carbons (Fsp3) is 0. The summed E-state index contributed by atoms with van der Waals surface area (Å²) in [4.78, 5) is 25.7. The lowest BCUT2D eigenvalue weighted by molar-refractivity contribution is 0.262. The third-order valence-electron chi connectivity index (χ3n) is 1.57. The second-order valence-corrected chi connectivity index (χ2v) is 2.72. The number of urea groups is 1. The Morgan fingerprint density at radius 3 is 2.75 bits per heavy atom. The van der Waals surface area contributed by atoms with Crippen molar-refractivity contribution in [2.75, 3.05) is 10.6 Å². The third-order valence-corrected chi connectivity index (χ3v) is 1.57. The van der Waals surface area contributed by atoms with Crippen molar-refractivity contribution in [3.63, 3.8) is 0 Å². The van der Waals surface area contributed by atoms with Crippen LogP contribution >= 0.6 is 0 Å². The average Bonchev–Trinajstić information content (AvgIpc) is 2.74. The molecule has 2 aromatic heterocycles. The summed E-state index contributed by atoms with van der Waals surface area (Å²) in [6.45, 7) is 0. The van der Waals surface area contributed by atoms with Crippen LogP contribution in [0.25, 0.3) is 0 Å². The third kappa shape index (κ3) is 2.41. The molecule has 0 spiro atoms. The Balaban J connectivity index is 1.97. The molecule has 2 heterocycles. The minimum atomic E-state index is -0.545. The van der Waals surface area contributed by atoms with Gasteiger partial charge in [0.05, 0.1) is 0 Å². The Morgan fingerprint density at radius 2 is 2.12 bits per heavy atom. The van der Waals surface area contributed by atoms with Gasteiger partial charge in [0.2, 0.25) is 5.95 Å². The number of nitrogens with zero attached hydrogens (tertiary/aromatic N) is 3. The van der Waals surface area contributed by atoms with E-state index in [0.717, 1.165) is 0 Å². The van der Waals surface area contributed by atoms with Gasteiger partial charge in [0.15, 0.2) is 5.82 Å². The van der Waals surface area contributed by atoms with E-state index in [-0.39, 0.29) is 17.3 Å². The molecule has 0 aliphatic rings. The summed E-state index contributed by atoms with van der Waals surface area (Å²) in [6.07, 6.45) is 1.26. The lowest BCUT2D eigenvalue weighted by Gasteiger charge is -2.02. The molecule has 4 N–H and O–H groups in total. The number of rotatable bonds is 2. The fourth-order valence-corrected chi connectivity index (χ4v) is 0.935. The molecule has 0 aliphatic carbocycles. The van der Waals surface area contributed by atoms with Crippen LogP contribution in [0, 0.1) is 0 Å². The molecule has 16 heavy (non-hydrogen) atoms. The summed E-state index contributed by atoms with van der Waals surface area (Å²) in [5, 5.41) is 16.5. The predicted octanol–water partition coefficient (Wildman–Crippen LogP) is -0.468. The highest BCUT2D eigenvalue weighted by Crippen LogP contribution is 1.98. The van der Waals surface area contributed by atoms with Crippen molar-refractivity contribution in [1.82, 2.24) is 25.4 Å². The van der Waals surface area contributed by atoms with Crippen molar-refractivity contribution in [2.24, 2.45) is 0 Å². The van der Waals surface area contributed by atoms with Crippen LogP contribution in [0.3, 0.4) is 0 Å². The summed E-state index contributed by atoms with van der Waals surface area (Å²) in [5.74, 6) is 0.429. The van der Waals surface area contributed by atoms with Crippen LogP contribution < -0.4 is 16.2 Å². The van der Waals surface area contributed by atoms with Gasteiger partial charge in [0.1, 0.15) is 6.33 Å². The second kappa shape index (κ2) is 4.21. The molecule has 82 valence electrons. The molecule has 2 amide bonds. The molecule has 0 fully saturated rings. The van der Waals surface area contributed by atoms with E-state index in [4.69, 9.17) is 0 Å². The van der Waals surface area contributed by atoms with Crippen molar-refractivity contribution in [3.8, 4) is 0 Å². The zero-order chi connectivity index (χ0) is 11.4. The molecule has 0 atom stereocenters. The van der Waals surface area contributed by atoms with E-state index in [9.17, 15) is 9.59 Å². The Kier molecular flexibility index (Phi) is 2.59. The molecule has 0 aromatic carbocycles. The standard InChI is InChI=1S/C7H7N7O2/c15-5-2-1-4(12-13-5)10-7(16)11-6-8-3-9-14-6/h1-3H,(H,13,15)(H3,8,9,10,11,12,14,16). The molecule has 0 bridgehead atoms. The topological polar surface area (TPSA) is 128 Å². The number of carbonyl (C=O) groups is 1. The van der Waals surface area contributed by atoms with E-state index < -0.39 is 6.03 Å². The molecule has 0 saturated heterocycles. The quantitative estimate of drug-likeness (QED) is 0.545. The molecule has 9 nitrogen and oxygen atoms in total. The van der Waals surface area contributed by atoms with E-state index in [0.29, 0.717) is 0 Å². The van der Waals surface area contributed by atoms with E-state index in [1.54, 1.807) is 0 Å². The first-order chi connectivity index (χ1) is 7.74. The Labute approximate surface area is 88.3 Å². The van der Waals surface area contributed by atoms with E-state index in [1.165, 1.54) is 18.5 Å². The maximum absolute atomic E-state index is 11.3. The second-order valence-electron chi connectivity index (χ2n) is 2.72. The Hall–Kier alpha value is -2.71. The summed E-state index contributed by atoms with van der Waals surface area (Å²) in [5.41, 5.74) is -0.346. The molecule has 0 radical (unpaired) electrons. The van der Waals surface area contributed by atoms with Crippen molar-refractivity contribution >= 4 is 17.8 Å². The smallest absolute Gasteiger partial charge is 0.291 e. The van der Waals surface area contributed by atoms with Crippen molar-refractivity contribution < 1.29 is 4.79 Å². The number of H-pyrrole nitrogens is 2. The fourth-order valence-electron chi connectivity index (χ4n) is 0.935. The lowest BCUT2D eigenvalue weighted by atomic mass is 10.5. The Bertz CT molecular complexity index is 511. The molecule has 0 aliphatic heterocycles. The minimum absolute atomic E-state index is 0.210. The zero-order valence-corrected chi connectivity index (χ0v) is 7.89. The van der Waals surface area contributed by atoms with Crippen molar-refractivity contribution in [2.45, 2.75) is 0 Å². The first-order valence-corrected chi connectivity index (χ1v) is 4.23. The van der Waals surface area contributed by atoms with Gasteiger partial charge in [-0.05, 0) is 6.07 Å². The van der Waals surface area contributed by atoms with Gasteiger partial charge >= 0.3 is 6.03 Å². The van der Waals surface area contributed by atoms with Gasteiger partial charge in [-0.25, -0.2) is 15.0 Å². The number of hydrogen-bond donors (Lipinski definition) is 4. The highest BCUT2D eigenvalue weighted by atomic mass is 16.2. The first-order valence-electron chi connectivity index (χ1n) is 4.23. The largest absolute Gasteiger partial charge is 0.327 e. The number of carbonyl (C=O) groups excluding carboxylic acids is 1. The maximum Gasteiger partial charge on any atom is 0.327 e. The molecular weight excluding hydrogens is 214 g/mol. The van der Waals surface area contributed by atoms with Gasteiger partial charge in [-0.3, -0.25) is 15.4 Å². The minimum Gasteiger partial charge on any atom is -0.291 e. The summed E-state index contributed by atoms with van der Waals surface area (Å²) in [6, 6.07) is 2.08. The van der Waals surface area contributed by atoms with Gasteiger partial charge in [-0.1, -0.05) is 0 Å². The van der Waals surface area contributed by atoms with Gasteiger partial charge in [-0.15, -0.1) is 0 Å². The van der Waals surface area contributed by atoms with Crippen molar-refractivity contribution in [3.05, 3.63) is 28.8 Å². The summed E-state index contributed by atoms with van der Waals surface area (Å²) in [7, 11) is 0. The zero-order valence-electron chi connectivity index (χ0n) is 7.89. The van der Waals surface area contributed by atoms with Crippen LogP contribution in [0.5, 0.6) is 0 Å². The SMILES string of the molecule is O=C(Nc1ccc(=O)[nH]n1)Nc1ncn[nH]1. The van der Waals surface area contributed by atoms with Gasteiger partial charge in [0, 0.05) is 6.07 Å². The molecule has 2 rings (SSSR count). The van der Waals surface area contributed by atoms with E-state index in [1.807, 2.05) is 0 Å². The molecular formula is C7H7N7O2. The number of aromatic amines is 2. The maximum atomic E-state index is 11.3. The van der Waals surface area contributed by atoms with Crippen LogP contribution in [0.15, 0.2) is 23.3 Å². The van der Waals surface area contributed by atoms with Crippen LogP contribution in [-0.4, -0.2) is 31.4 Å². The highest BCUT2D eigenvalue weighted by Gasteiger charge is 2.04. The van der Waals surface area contributed by atoms with E-state index in [2.05, 4.69) is 36.0 Å². The van der Waals surface area contributed by atoms with Crippen LogP contribution in [-0.2, 0) is 0 Å². The van der Waals surface area contributed by atoms with Gasteiger partial charge < -0.3 is 0 Å². The molecule has 0 unspecified atom stereocenters. The number of anilines is 2. The van der Waals surface area contributed by atoms with E-state index >= 15 is 0 Å². The van der Waals surface area contributed by atoms with Crippen LogP contribution in [0.4, 0.5) is 16.6 Å². The number of amides is 2. The number of hydrogen-bond acceptors (Lipinski definition) is 5. The van der Waals surface area contributed by atoms with Crippen molar-refractivity contribution in [1.29, 1.82) is 0 Å². The molecule has 9 heteroatoms. The average molecular weight is 221 g/mol. The lowest BCUT2D eigenvalue weighted by Crippen LogP contribution is -2.22. The summed E-state index contributed by atoms with van der Waals surface area (Å²) >= 11 is 0. The van der Waals surface area contributed by atoms with Crippen LogP contribution in [0.2, 0.25) is 0 Å². The molecule has 0 saturated carbocycles. The highest BCUT2D eigenvalue weighted by molar-refractivity contribution is 5.97. The first kappa shape index (κ1) is 9.83. The monoisotopic (exact) mass is 221 g/mol. The van der Waals surface area contributed by atoms with Crippen LogP contribution in [0.1, 0.15) is 0 Å². The number of aromatic nitrogens is 5. The normalized spacial score (nSPS) is 9.75. The van der Waals surface area contributed by atoms with Gasteiger partial charge in [0.25, 0.3) is 5.56 Å². The predicted molar refractivity (Wildman–Crippen MR) is 53.9 cm³/mol. The summed E-state index contributed by atoms with van der Waals surface area (Å²) < 4.78 is 0.